The van der Waals surface area contributed by atoms with Gasteiger partial charge in [0.15, 0.2) is 11.4 Å². The number of aromatic hydroxyl groups is 2. The van der Waals surface area contributed by atoms with Gasteiger partial charge in [-0.15, -0.1) is 0 Å². The highest BCUT2D eigenvalue weighted by molar-refractivity contribution is 6.39. The molecule has 16 heteroatoms. The predicted octanol–water partition coefficient (Wildman–Crippen LogP) is 4.97. The summed E-state index contributed by atoms with van der Waals surface area (Å²) in [6, 6.07) is 1.32. The van der Waals surface area contributed by atoms with E-state index in [0.29, 0.717) is 58.7 Å². The van der Waals surface area contributed by atoms with Gasteiger partial charge in [-0.25, -0.2) is 14.3 Å². The predicted molar refractivity (Wildman–Crippen MR) is 271 cm³/mol. The molecule has 72 heavy (non-hydrogen) atoms. The van der Waals surface area contributed by atoms with E-state index in [1.807, 2.05) is 61.5 Å². The number of hydrogen-bond donors (Lipinski definition) is 6. The number of rotatable bonds is 16. The summed E-state index contributed by atoms with van der Waals surface area (Å²) in [7, 11) is 0. The average Bonchev–Trinajstić information content (AvgIpc) is 3.62. The Balaban J connectivity index is 1.30. The third-order valence-corrected chi connectivity index (χ3v) is 15.3. The molecule has 0 saturated carbocycles. The molecule has 1 aliphatic heterocycles. The summed E-state index contributed by atoms with van der Waals surface area (Å²) in [6.45, 7) is 26.5. The van der Waals surface area contributed by atoms with Crippen LogP contribution in [0, 0.1) is 53.9 Å². The fraction of sp³-hybridized carbons (Fsp3) is 0.518. The molecule has 2 aromatic carbocycles. The van der Waals surface area contributed by atoms with Crippen LogP contribution in [-0.2, 0) is 47.0 Å². The van der Waals surface area contributed by atoms with E-state index in [4.69, 9.17) is 14.2 Å². The van der Waals surface area contributed by atoms with Gasteiger partial charge in [-0.05, 0) is 160 Å². The van der Waals surface area contributed by atoms with Gasteiger partial charge in [-0.3, -0.25) is 19.5 Å². The van der Waals surface area contributed by atoms with Gasteiger partial charge in [-0.2, -0.15) is 0 Å². The summed E-state index contributed by atoms with van der Waals surface area (Å²) >= 11 is 0. The number of aromatic amines is 1. The first kappa shape index (κ1) is 54.9. The summed E-state index contributed by atoms with van der Waals surface area (Å²) in [5.74, 6) is -2.16. The van der Waals surface area contributed by atoms with Crippen molar-refractivity contribution in [3.05, 3.63) is 113 Å². The van der Waals surface area contributed by atoms with Gasteiger partial charge in [0.2, 0.25) is 11.5 Å². The Bertz CT molecular complexity index is 2920. The molecule has 2 heterocycles. The topological polar surface area (TPSA) is 234 Å². The third kappa shape index (κ3) is 10.4. The lowest BCUT2D eigenvalue weighted by Crippen LogP contribution is -3.16. The lowest BCUT2D eigenvalue weighted by molar-refractivity contribution is -0.912. The second kappa shape index (κ2) is 20.3. The average molecular weight is 995 g/mol. The molecule has 0 fully saturated rings. The molecule has 0 saturated heterocycles. The number of allylic oxidation sites excluding steroid dienone is 3. The molecule has 1 aromatic heterocycles. The van der Waals surface area contributed by atoms with Crippen molar-refractivity contribution in [2.75, 3.05) is 26.3 Å². The number of carbonyl (C=O) groups excluding carboxylic acids is 4. The minimum absolute atomic E-state index is 0.00155. The Kier molecular flexibility index (Phi) is 15.5. The minimum Gasteiger partial charge on any atom is -0.871 e. The number of ether oxygens (including phenoxy) is 3. The summed E-state index contributed by atoms with van der Waals surface area (Å²) in [6.07, 6.45) is 6.60. The number of phenols is 2. The SMILES string of the molecule is CCC(C)(C)C(=O)NC1=CC([NH+](CCOC(=O)C(C)(O)CCc2cc(C)c(C)c(O)c2C)CCOC(=O)C2(C)CCc3c(C)c(O)c(C)c(C)c3O2)C=C/C1=C1/C(=O)C(c2c(C)[nH]n(C(C)(C)C)c2=O)=C1[O-]. The number of nitrogens with zero attached hydrogens (tertiary/aromatic N) is 1. The molecule has 4 unspecified atom stereocenters. The van der Waals surface area contributed by atoms with Gasteiger partial charge >= 0.3 is 11.9 Å². The Morgan fingerprint density at radius 1 is 0.917 bits per heavy atom. The van der Waals surface area contributed by atoms with Gasteiger partial charge < -0.3 is 44.9 Å². The number of amides is 1. The molecule has 16 nitrogen and oxygen atoms in total. The van der Waals surface area contributed by atoms with E-state index in [2.05, 4.69) is 10.4 Å². The summed E-state index contributed by atoms with van der Waals surface area (Å²) in [5, 5.41) is 52.8. The summed E-state index contributed by atoms with van der Waals surface area (Å²) < 4.78 is 19.4. The number of hydrogen-bond acceptors (Lipinski definition) is 12. The van der Waals surface area contributed by atoms with Crippen LogP contribution in [0.2, 0.25) is 0 Å². The van der Waals surface area contributed by atoms with Crippen molar-refractivity contribution in [2.45, 2.75) is 159 Å². The van der Waals surface area contributed by atoms with Crippen molar-refractivity contribution < 1.29 is 58.7 Å². The highest BCUT2D eigenvalue weighted by atomic mass is 16.6. The highest BCUT2D eigenvalue weighted by Gasteiger charge is 2.43. The maximum atomic E-state index is 14.1. The molecule has 390 valence electrons. The number of quaternary nitrogens is 1. The molecular formula is C56H74N4O12. The summed E-state index contributed by atoms with van der Waals surface area (Å²) in [5.41, 5.74) is 1.13. The normalized spacial score (nSPS) is 20.2. The van der Waals surface area contributed by atoms with Gasteiger partial charge in [0.1, 0.15) is 49.6 Å². The minimum atomic E-state index is -1.88. The maximum Gasteiger partial charge on any atom is 0.350 e. The zero-order chi connectivity index (χ0) is 53.7. The number of carbonyl (C=O) groups is 4. The first-order chi connectivity index (χ1) is 33.4. The smallest absolute Gasteiger partial charge is 0.350 e. The van der Waals surface area contributed by atoms with Crippen molar-refractivity contribution in [1.29, 1.82) is 0 Å². The Morgan fingerprint density at radius 3 is 2.14 bits per heavy atom. The van der Waals surface area contributed by atoms with E-state index in [1.165, 1.54) is 11.6 Å². The lowest BCUT2D eigenvalue weighted by atomic mass is 9.79. The van der Waals surface area contributed by atoms with E-state index in [-0.39, 0.29) is 78.1 Å². The van der Waals surface area contributed by atoms with E-state index >= 15 is 0 Å². The van der Waals surface area contributed by atoms with E-state index in [0.717, 1.165) is 27.8 Å². The number of Topliss-reactive ketones (excluding diaryl/α,β-unsaturated/α-hetero) is 1. The Morgan fingerprint density at radius 2 is 1.54 bits per heavy atom. The summed E-state index contributed by atoms with van der Waals surface area (Å²) in [4.78, 5) is 69.7. The molecule has 4 atom stereocenters. The number of ketones is 1. The van der Waals surface area contributed by atoms with Crippen LogP contribution in [-0.4, -0.2) is 92.3 Å². The Hall–Kier alpha value is -6.39. The number of H-pyrrole nitrogens is 1. The number of phenolic OH excluding ortho intramolecular Hbond substituents is 2. The van der Waals surface area contributed by atoms with Gasteiger partial charge in [0.25, 0.3) is 5.56 Å². The van der Waals surface area contributed by atoms with Crippen LogP contribution in [0.15, 0.2) is 51.7 Å². The standard InChI is InChI=1S/C56H74N4O12/c1-16-54(12,13)50(66)57-40-28-37(17-18-39(40)42-46(63)43(47(42)64)41-35(8)58-60(49(41)65)53(9,10)11)59(23-25-70-51(67)55(14,69)21-19-36-27-29(2)30(3)44(61)33(36)6)24-26-71-52(68)56(15)22-20-38-34(7)45(62)31(4)32(5)48(38)72-56/h17-18,27-28,37,58,61-63,69H,16,19-26H2,1-15H3,(H,57,66)/b42-39-. The second-order valence-electron chi connectivity index (χ2n) is 21.9. The second-order valence-corrected chi connectivity index (χ2v) is 21.9. The number of esters is 2. The highest BCUT2D eigenvalue weighted by Crippen LogP contribution is 2.44. The van der Waals surface area contributed by atoms with Crippen molar-refractivity contribution in [1.82, 2.24) is 15.1 Å². The van der Waals surface area contributed by atoms with Gasteiger partial charge in [0.05, 0.1) is 16.8 Å². The zero-order valence-corrected chi connectivity index (χ0v) is 44.7. The van der Waals surface area contributed by atoms with Crippen LogP contribution in [0.1, 0.15) is 130 Å². The Labute approximate surface area is 422 Å². The molecule has 6 N–H and O–H groups in total. The zero-order valence-electron chi connectivity index (χ0n) is 44.7. The van der Waals surface area contributed by atoms with Crippen LogP contribution < -0.4 is 25.6 Å². The molecule has 0 radical (unpaired) electrons. The van der Waals surface area contributed by atoms with Crippen LogP contribution in [0.25, 0.3) is 5.57 Å². The van der Waals surface area contributed by atoms with Crippen LogP contribution in [0.5, 0.6) is 17.2 Å². The fourth-order valence-corrected chi connectivity index (χ4v) is 9.37. The number of aryl methyl sites for hydroxylation is 3. The lowest BCUT2D eigenvalue weighted by Gasteiger charge is -2.36. The largest absolute Gasteiger partial charge is 0.871 e. The molecule has 1 amide bonds. The number of nitrogens with one attached hydrogen (secondary N) is 3. The number of benzene rings is 2. The molecule has 3 aromatic rings. The van der Waals surface area contributed by atoms with Crippen molar-refractivity contribution in [2.24, 2.45) is 5.41 Å². The van der Waals surface area contributed by atoms with Crippen LogP contribution in [0.4, 0.5) is 0 Å². The molecule has 0 spiro atoms. The maximum absolute atomic E-state index is 14.1. The molecule has 2 aliphatic carbocycles. The van der Waals surface area contributed by atoms with E-state index < -0.39 is 57.2 Å². The van der Waals surface area contributed by atoms with E-state index in [9.17, 15) is 44.4 Å². The fourth-order valence-electron chi connectivity index (χ4n) is 9.37. The van der Waals surface area contributed by atoms with Crippen LogP contribution >= 0.6 is 0 Å². The third-order valence-electron chi connectivity index (χ3n) is 15.3. The number of aliphatic hydroxyl groups is 1. The van der Waals surface area contributed by atoms with Gasteiger partial charge in [-0.1, -0.05) is 32.6 Å². The monoisotopic (exact) mass is 995 g/mol. The molecule has 6 rings (SSSR count). The van der Waals surface area contributed by atoms with Crippen LogP contribution in [0.3, 0.4) is 0 Å². The number of fused-ring (bicyclic) bond motifs is 1. The molecule has 3 aliphatic rings. The van der Waals surface area contributed by atoms with Gasteiger partial charge in [0, 0.05) is 45.9 Å². The number of aromatic nitrogens is 2. The van der Waals surface area contributed by atoms with E-state index in [1.54, 1.807) is 59.8 Å². The first-order valence-electron chi connectivity index (χ1n) is 24.8. The molecular weight excluding hydrogens is 921 g/mol. The first-order valence-corrected chi connectivity index (χ1v) is 24.8. The van der Waals surface area contributed by atoms with Crippen molar-refractivity contribution in [3.63, 3.8) is 0 Å². The van der Waals surface area contributed by atoms with Crippen molar-refractivity contribution in [3.8, 4) is 17.2 Å². The molecule has 0 bridgehead atoms. The quantitative estimate of drug-likeness (QED) is 0.0826. The van der Waals surface area contributed by atoms with Crippen molar-refractivity contribution >= 4 is 29.2 Å².